The van der Waals surface area contributed by atoms with E-state index in [9.17, 15) is 25.5 Å². The molecule has 0 saturated carbocycles. The first-order chi connectivity index (χ1) is 22.9. The molecule has 48 heavy (non-hydrogen) atoms. The molecule has 2 aromatic carbocycles. The Bertz CT molecular complexity index is 2270. The summed E-state index contributed by atoms with van der Waals surface area (Å²) in [5.74, 6) is 0. The number of hydrogen-bond acceptors (Lipinski definition) is 8. The molecular formula is C34H34N10O4. The van der Waals surface area contributed by atoms with Crippen LogP contribution in [0.1, 0.15) is 65.0 Å². The number of fused-ring (bicyclic) bond motifs is 2. The van der Waals surface area contributed by atoms with Gasteiger partial charge in [0, 0.05) is 95.9 Å². The van der Waals surface area contributed by atoms with Gasteiger partial charge in [-0.15, -0.1) is 0 Å². The molecule has 0 aliphatic heterocycles. The Kier molecular flexibility index (Phi) is 9.11. The molecule has 0 fully saturated rings. The number of nitrogens with zero attached hydrogens (tertiary/aromatic N) is 10. The smallest absolute Gasteiger partial charge is 0.271 e. The fraction of sp³-hybridized carbons (Fsp3) is 0.294. The van der Waals surface area contributed by atoms with Gasteiger partial charge in [0.1, 0.15) is 17.8 Å². The van der Waals surface area contributed by atoms with E-state index in [1.807, 2.05) is 63.1 Å². The highest BCUT2D eigenvalue weighted by atomic mass is 16.6. The van der Waals surface area contributed by atoms with E-state index in [4.69, 9.17) is 5.26 Å². The zero-order valence-electron chi connectivity index (χ0n) is 27.4. The van der Waals surface area contributed by atoms with Crippen LogP contribution < -0.4 is 0 Å². The first-order valence-electron chi connectivity index (χ1n) is 15.5. The molecule has 0 amide bonds. The van der Waals surface area contributed by atoms with Crippen LogP contribution in [0.5, 0.6) is 0 Å². The molecular weight excluding hydrogens is 612 g/mol. The summed E-state index contributed by atoms with van der Waals surface area (Å²) in [6.45, 7) is 13.2. The summed E-state index contributed by atoms with van der Waals surface area (Å²) in [4.78, 5) is 21.4. The number of hydrogen-bond donors (Lipinski definition) is 0. The summed E-state index contributed by atoms with van der Waals surface area (Å²) in [7, 11) is 0. The zero-order chi connectivity index (χ0) is 34.9. The summed E-state index contributed by atoms with van der Waals surface area (Å²) < 4.78 is 7.43. The molecule has 14 nitrogen and oxygen atoms in total. The lowest BCUT2D eigenvalue weighted by Gasteiger charge is -2.08. The highest BCUT2D eigenvalue weighted by Gasteiger charge is 2.20. The number of nitro groups is 2. The van der Waals surface area contributed by atoms with Crippen molar-refractivity contribution >= 4 is 33.2 Å². The molecule has 4 heterocycles. The van der Waals surface area contributed by atoms with Crippen molar-refractivity contribution in [3.63, 3.8) is 0 Å². The van der Waals surface area contributed by atoms with Crippen LogP contribution in [0.2, 0.25) is 0 Å². The lowest BCUT2D eigenvalue weighted by molar-refractivity contribution is -0.384. The average molecular weight is 647 g/mol. The van der Waals surface area contributed by atoms with Gasteiger partial charge in [-0.05, 0) is 53.7 Å². The normalized spacial score (nSPS) is 11.1. The third-order valence-corrected chi connectivity index (χ3v) is 8.11. The van der Waals surface area contributed by atoms with Gasteiger partial charge < -0.3 is 9.13 Å². The van der Waals surface area contributed by atoms with E-state index in [0.29, 0.717) is 30.2 Å². The minimum Gasteiger partial charge on any atom is -0.344 e. The van der Waals surface area contributed by atoms with Crippen LogP contribution in [0, 0.1) is 42.9 Å². The molecule has 0 aliphatic rings. The Balaban J connectivity index is 0.000000188. The van der Waals surface area contributed by atoms with Gasteiger partial charge in [0.15, 0.2) is 5.69 Å². The molecule has 6 aromatic rings. The third kappa shape index (κ3) is 5.99. The number of nitro benzene ring substituents is 2. The summed E-state index contributed by atoms with van der Waals surface area (Å²) in [6, 6.07) is 17.7. The largest absolute Gasteiger partial charge is 0.344 e. The first-order valence-corrected chi connectivity index (χ1v) is 15.5. The van der Waals surface area contributed by atoms with Crippen molar-refractivity contribution < 1.29 is 9.85 Å². The molecule has 244 valence electrons. The second-order valence-electron chi connectivity index (χ2n) is 11.7. The molecule has 0 spiro atoms. The molecule has 0 radical (unpaired) electrons. The Hall–Kier alpha value is -6.28. The van der Waals surface area contributed by atoms with Gasteiger partial charge in [0.05, 0.1) is 32.3 Å². The molecule has 0 saturated heterocycles. The molecule has 14 heteroatoms. The summed E-state index contributed by atoms with van der Waals surface area (Å²) in [5, 5.41) is 51.1. The highest BCUT2D eigenvalue weighted by Crippen LogP contribution is 2.36. The Morgan fingerprint density at radius 1 is 0.729 bits per heavy atom. The van der Waals surface area contributed by atoms with Gasteiger partial charge in [-0.3, -0.25) is 29.6 Å². The van der Waals surface area contributed by atoms with Crippen molar-refractivity contribution in [3.05, 3.63) is 92.5 Å². The molecule has 0 N–H and O–H groups in total. The Morgan fingerprint density at radius 2 is 1.25 bits per heavy atom. The van der Waals surface area contributed by atoms with Crippen LogP contribution >= 0.6 is 0 Å². The zero-order valence-corrected chi connectivity index (χ0v) is 27.4. The van der Waals surface area contributed by atoms with E-state index >= 15 is 0 Å². The van der Waals surface area contributed by atoms with Crippen molar-refractivity contribution in [3.8, 4) is 34.7 Å². The lowest BCUT2D eigenvalue weighted by atomic mass is 10.1. The van der Waals surface area contributed by atoms with Gasteiger partial charge in [-0.25, -0.2) is 0 Å². The Labute approximate surface area is 275 Å². The lowest BCUT2D eigenvalue weighted by Crippen LogP contribution is -1.99. The van der Waals surface area contributed by atoms with Crippen molar-refractivity contribution in [2.75, 3.05) is 0 Å². The van der Waals surface area contributed by atoms with Gasteiger partial charge in [-0.1, -0.05) is 0 Å². The topological polar surface area (TPSA) is 179 Å². The molecule has 0 atom stereocenters. The third-order valence-electron chi connectivity index (χ3n) is 8.11. The van der Waals surface area contributed by atoms with E-state index in [0.717, 1.165) is 38.6 Å². The number of aromatic nitrogens is 6. The van der Waals surface area contributed by atoms with Crippen molar-refractivity contribution in [1.82, 2.24) is 28.7 Å². The van der Waals surface area contributed by atoms with Crippen LogP contribution in [-0.4, -0.2) is 38.5 Å². The maximum absolute atomic E-state index is 11.1. The molecule has 0 unspecified atom stereocenters. The molecule has 6 rings (SSSR count). The molecule has 4 aromatic heterocycles. The first kappa shape index (κ1) is 33.1. The standard InChI is InChI=1S/2C17H17N5O2/c1-4-21-17(7-12(9-18)19-21)15-10-20(11(2)3)16-8-13(22(23)24)5-6-14(15)16;1-4-21-13(9-18)7-16(19-21)15-10-20(11(2)3)17-8-12(22(23)24)5-6-14(15)17/h2*5-8,10-11H,4H2,1-3H3. The minimum absolute atomic E-state index is 0.0610. The number of nitriles is 2. The van der Waals surface area contributed by atoms with E-state index in [-0.39, 0.29) is 28.4 Å². The highest BCUT2D eigenvalue weighted by molar-refractivity contribution is 5.97. The number of benzene rings is 2. The number of non-ortho nitro benzene ring substituents is 2. The maximum atomic E-state index is 11.1. The van der Waals surface area contributed by atoms with E-state index in [2.05, 4.69) is 22.3 Å². The quantitative estimate of drug-likeness (QED) is 0.119. The monoisotopic (exact) mass is 646 g/mol. The van der Waals surface area contributed by atoms with Crippen LogP contribution in [0.15, 0.2) is 60.9 Å². The van der Waals surface area contributed by atoms with E-state index < -0.39 is 4.92 Å². The van der Waals surface area contributed by atoms with Gasteiger partial charge in [0.2, 0.25) is 0 Å². The van der Waals surface area contributed by atoms with Crippen LogP contribution in [0.4, 0.5) is 11.4 Å². The van der Waals surface area contributed by atoms with Crippen LogP contribution in [0.25, 0.3) is 44.3 Å². The summed E-state index contributed by atoms with van der Waals surface area (Å²) >= 11 is 0. The van der Waals surface area contributed by atoms with Crippen molar-refractivity contribution in [1.29, 1.82) is 10.5 Å². The van der Waals surface area contributed by atoms with E-state index in [1.54, 1.807) is 45.8 Å². The SMILES string of the molecule is CCn1nc(-c2cn(C(C)C)c3cc([N+](=O)[O-])ccc23)cc1C#N.CCn1nc(C#N)cc1-c1cn(C(C)C)c2cc([N+](=O)[O-])ccc12. The predicted octanol–water partition coefficient (Wildman–Crippen LogP) is 7.77. The molecule has 0 aliphatic carbocycles. The second-order valence-corrected chi connectivity index (χ2v) is 11.7. The van der Waals surface area contributed by atoms with Crippen LogP contribution in [-0.2, 0) is 13.1 Å². The number of rotatable bonds is 8. The fourth-order valence-electron chi connectivity index (χ4n) is 5.78. The second kappa shape index (κ2) is 13.2. The van der Waals surface area contributed by atoms with Crippen LogP contribution in [0.3, 0.4) is 0 Å². The summed E-state index contributed by atoms with van der Waals surface area (Å²) in [5.41, 5.74) is 5.91. The summed E-state index contributed by atoms with van der Waals surface area (Å²) in [6.07, 6.45) is 3.92. The average Bonchev–Trinajstić information content (AvgIpc) is 3.85. The minimum atomic E-state index is -0.392. The number of aryl methyl sites for hydroxylation is 2. The van der Waals surface area contributed by atoms with Crippen molar-refractivity contribution in [2.24, 2.45) is 0 Å². The van der Waals surface area contributed by atoms with Gasteiger partial charge >= 0.3 is 0 Å². The predicted molar refractivity (Wildman–Crippen MR) is 181 cm³/mol. The van der Waals surface area contributed by atoms with Crippen molar-refractivity contribution in [2.45, 2.75) is 66.7 Å². The van der Waals surface area contributed by atoms with Gasteiger partial charge in [-0.2, -0.15) is 20.7 Å². The van der Waals surface area contributed by atoms with E-state index in [1.165, 1.54) is 12.1 Å². The molecule has 0 bridgehead atoms. The van der Waals surface area contributed by atoms with Gasteiger partial charge in [0.25, 0.3) is 11.4 Å². The Morgan fingerprint density at radius 3 is 1.69 bits per heavy atom. The fourth-order valence-corrected chi connectivity index (χ4v) is 5.78. The maximum Gasteiger partial charge on any atom is 0.271 e.